The molecular weight excluding hydrogens is 466 g/mol. The highest BCUT2D eigenvalue weighted by molar-refractivity contribution is 6.09. The molecule has 3 heterocycles. The molecule has 0 atom stereocenters. The Balaban J connectivity index is 1.17. The molecule has 0 radical (unpaired) electrons. The zero-order chi connectivity index (χ0) is 26.0. The van der Waals surface area contributed by atoms with Gasteiger partial charge in [-0.05, 0) is 82.1 Å². The molecule has 1 aliphatic carbocycles. The number of aromatic nitrogens is 2. The van der Waals surface area contributed by atoms with Crippen LogP contribution in [0.2, 0.25) is 0 Å². The van der Waals surface area contributed by atoms with E-state index >= 15 is 0 Å². The van der Waals surface area contributed by atoms with Gasteiger partial charge in [-0.2, -0.15) is 4.98 Å². The van der Waals surface area contributed by atoms with Gasteiger partial charge >= 0.3 is 0 Å². The van der Waals surface area contributed by atoms with E-state index in [2.05, 4.69) is 39.1 Å². The van der Waals surface area contributed by atoms with Crippen LogP contribution >= 0.6 is 0 Å². The second kappa shape index (κ2) is 10.8. The van der Waals surface area contributed by atoms with Crippen molar-refractivity contribution in [3.63, 3.8) is 0 Å². The molecule has 198 valence electrons. The monoisotopic (exact) mass is 505 g/mol. The van der Waals surface area contributed by atoms with Crippen molar-refractivity contribution < 1.29 is 14.6 Å². The maximum atomic E-state index is 12.9. The molecule has 2 aromatic rings. The lowest BCUT2D eigenvalue weighted by Gasteiger charge is -2.34. The molecule has 0 bridgehead atoms. The summed E-state index contributed by atoms with van der Waals surface area (Å²) in [6.07, 6.45) is 9.43. The molecule has 2 aliphatic heterocycles. The first-order chi connectivity index (χ1) is 17.8. The van der Waals surface area contributed by atoms with Crippen LogP contribution in [-0.4, -0.2) is 56.9 Å². The Morgan fingerprint density at radius 1 is 1.05 bits per heavy atom. The summed E-state index contributed by atoms with van der Waals surface area (Å²) in [6.45, 7) is 5.93. The maximum Gasteiger partial charge on any atom is 0.246 e. The Hall–Kier alpha value is -3.00. The number of anilines is 1. The predicted molar refractivity (Wildman–Crippen MR) is 144 cm³/mol. The number of rotatable bonds is 6. The number of nitrogen functional groups attached to an aromatic ring is 1. The van der Waals surface area contributed by atoms with Crippen molar-refractivity contribution in [2.24, 2.45) is 16.8 Å². The fourth-order valence-corrected chi connectivity index (χ4v) is 6.15. The molecule has 1 aromatic carbocycles. The molecule has 1 aromatic heterocycles. The standard InChI is InChI=1S/C29H39N5O3/c1-29(2)26(33-25-27(30)31-18-32-28(25)37-29)23-9-7-22(8-10-23)21-5-3-20(4-6-21)17-24(36)34-14-11-19(12-15-34)13-16-35/h7-10,18-21,35H,3-6,11-17H2,1-2H3,(H2,30,31,32)/t20-,21-. The van der Waals surface area contributed by atoms with Crippen LogP contribution in [0.1, 0.15) is 82.3 Å². The first-order valence-electron chi connectivity index (χ1n) is 13.7. The van der Waals surface area contributed by atoms with Crippen molar-refractivity contribution in [1.82, 2.24) is 14.9 Å². The average molecular weight is 506 g/mol. The van der Waals surface area contributed by atoms with Crippen LogP contribution in [0.25, 0.3) is 0 Å². The molecule has 8 heteroatoms. The highest BCUT2D eigenvalue weighted by Crippen LogP contribution is 2.40. The molecule has 1 amide bonds. The zero-order valence-corrected chi connectivity index (χ0v) is 22.0. The van der Waals surface area contributed by atoms with Crippen molar-refractivity contribution >= 4 is 23.1 Å². The number of fused-ring (bicyclic) bond motifs is 1. The van der Waals surface area contributed by atoms with Gasteiger partial charge < -0.3 is 20.5 Å². The number of ether oxygens (including phenoxy) is 1. The Bertz CT molecular complexity index is 1130. The van der Waals surface area contributed by atoms with Gasteiger partial charge in [0.1, 0.15) is 11.9 Å². The summed E-state index contributed by atoms with van der Waals surface area (Å²) >= 11 is 0. The van der Waals surface area contributed by atoms with Crippen molar-refractivity contribution in [3.8, 4) is 5.88 Å². The van der Waals surface area contributed by atoms with Gasteiger partial charge in [0.15, 0.2) is 11.5 Å². The third-order valence-corrected chi connectivity index (χ3v) is 8.43. The summed E-state index contributed by atoms with van der Waals surface area (Å²) in [5.41, 5.74) is 9.05. The van der Waals surface area contributed by atoms with Crippen molar-refractivity contribution in [3.05, 3.63) is 41.7 Å². The lowest BCUT2D eigenvalue weighted by atomic mass is 9.77. The molecule has 37 heavy (non-hydrogen) atoms. The minimum atomic E-state index is -0.631. The quantitative estimate of drug-likeness (QED) is 0.591. The molecule has 3 aliphatic rings. The topological polar surface area (TPSA) is 114 Å². The fraction of sp³-hybridized carbons (Fsp3) is 0.586. The Morgan fingerprint density at radius 3 is 2.43 bits per heavy atom. The molecular formula is C29H39N5O3. The largest absolute Gasteiger partial charge is 0.463 e. The van der Waals surface area contributed by atoms with E-state index in [4.69, 9.17) is 20.6 Å². The first-order valence-corrected chi connectivity index (χ1v) is 13.7. The van der Waals surface area contributed by atoms with Gasteiger partial charge in [-0.25, -0.2) is 9.98 Å². The number of nitrogens with two attached hydrogens (primary N) is 1. The van der Waals surface area contributed by atoms with Gasteiger partial charge in [-0.1, -0.05) is 24.3 Å². The van der Waals surface area contributed by atoms with E-state index in [1.54, 1.807) is 0 Å². The van der Waals surface area contributed by atoms with E-state index in [0.717, 1.165) is 69.3 Å². The first kappa shape index (κ1) is 25.6. The second-order valence-corrected chi connectivity index (χ2v) is 11.4. The summed E-state index contributed by atoms with van der Waals surface area (Å²) in [7, 11) is 0. The number of nitrogens with zero attached hydrogens (tertiary/aromatic N) is 4. The number of likely N-dealkylation sites (tertiary alicyclic amines) is 1. The molecule has 3 N–H and O–H groups in total. The van der Waals surface area contributed by atoms with Gasteiger partial charge in [0.05, 0.1) is 5.71 Å². The third-order valence-electron chi connectivity index (χ3n) is 8.43. The van der Waals surface area contributed by atoms with Crippen LogP contribution in [0, 0.1) is 11.8 Å². The van der Waals surface area contributed by atoms with Gasteiger partial charge in [0.25, 0.3) is 0 Å². The van der Waals surface area contributed by atoms with Crippen LogP contribution in [0.5, 0.6) is 5.88 Å². The van der Waals surface area contributed by atoms with E-state index in [1.165, 1.54) is 11.9 Å². The smallest absolute Gasteiger partial charge is 0.246 e. The second-order valence-electron chi connectivity index (χ2n) is 11.4. The van der Waals surface area contributed by atoms with E-state index in [9.17, 15) is 4.79 Å². The van der Waals surface area contributed by atoms with E-state index < -0.39 is 5.60 Å². The third kappa shape index (κ3) is 5.64. The molecule has 5 rings (SSSR count). The van der Waals surface area contributed by atoms with Crippen LogP contribution in [0.15, 0.2) is 35.6 Å². The van der Waals surface area contributed by atoms with Crippen LogP contribution < -0.4 is 10.5 Å². The van der Waals surface area contributed by atoms with E-state index in [0.29, 0.717) is 47.5 Å². The number of aliphatic hydroxyl groups excluding tert-OH is 1. The Labute approximate surface area is 219 Å². The summed E-state index contributed by atoms with van der Waals surface area (Å²) in [6, 6.07) is 8.67. The molecule has 1 saturated carbocycles. The molecule has 1 saturated heterocycles. The number of carbonyl (C=O) groups excluding carboxylic acids is 1. The van der Waals surface area contributed by atoms with Gasteiger partial charge in [-0.3, -0.25) is 4.79 Å². The van der Waals surface area contributed by atoms with Crippen molar-refractivity contribution in [2.75, 3.05) is 25.4 Å². The maximum absolute atomic E-state index is 12.9. The number of hydrogen-bond donors (Lipinski definition) is 2. The number of piperidine rings is 1. The van der Waals surface area contributed by atoms with E-state index in [-0.39, 0.29) is 6.61 Å². The normalized spacial score (nSPS) is 23.6. The average Bonchev–Trinajstić information content (AvgIpc) is 2.89. The Morgan fingerprint density at radius 2 is 1.76 bits per heavy atom. The summed E-state index contributed by atoms with van der Waals surface area (Å²) in [5, 5.41) is 9.15. The number of carbonyl (C=O) groups is 1. The van der Waals surface area contributed by atoms with Crippen molar-refractivity contribution in [2.45, 2.75) is 76.7 Å². The summed E-state index contributed by atoms with van der Waals surface area (Å²) in [4.78, 5) is 27.9. The molecule has 0 unspecified atom stereocenters. The van der Waals surface area contributed by atoms with Gasteiger partial charge in [-0.15, -0.1) is 0 Å². The molecule has 0 spiro atoms. The highest BCUT2D eigenvalue weighted by Gasteiger charge is 2.35. The number of hydrogen-bond acceptors (Lipinski definition) is 7. The number of aliphatic hydroxyl groups is 1. The van der Waals surface area contributed by atoms with Crippen LogP contribution in [0.3, 0.4) is 0 Å². The number of amides is 1. The SMILES string of the molecule is CC1(C)Oc2ncnc(N)c2N=C1c1ccc([C@H]2CC[C@H](CC(=O)N3CCC(CCO)CC3)CC2)cc1. The van der Waals surface area contributed by atoms with Crippen LogP contribution in [0.4, 0.5) is 11.5 Å². The number of benzene rings is 1. The lowest BCUT2D eigenvalue weighted by Crippen LogP contribution is -2.41. The van der Waals surface area contributed by atoms with E-state index in [1.807, 2.05) is 13.8 Å². The minimum Gasteiger partial charge on any atom is -0.463 e. The van der Waals surface area contributed by atoms with Gasteiger partial charge in [0.2, 0.25) is 11.8 Å². The molecule has 8 nitrogen and oxygen atoms in total. The Kier molecular flexibility index (Phi) is 7.47. The lowest BCUT2D eigenvalue weighted by molar-refractivity contribution is -0.133. The van der Waals surface area contributed by atoms with Gasteiger partial charge in [0, 0.05) is 31.7 Å². The minimum absolute atomic E-state index is 0.255. The summed E-state index contributed by atoms with van der Waals surface area (Å²) in [5.74, 6) is 2.64. The van der Waals surface area contributed by atoms with Crippen LogP contribution in [-0.2, 0) is 4.79 Å². The highest BCUT2D eigenvalue weighted by atomic mass is 16.5. The van der Waals surface area contributed by atoms with Crippen molar-refractivity contribution in [1.29, 1.82) is 0 Å². The fourth-order valence-electron chi connectivity index (χ4n) is 6.15. The zero-order valence-electron chi connectivity index (χ0n) is 22.0. The summed E-state index contributed by atoms with van der Waals surface area (Å²) < 4.78 is 6.11. The number of aliphatic imine (C=N–C) groups is 1. The predicted octanol–water partition coefficient (Wildman–Crippen LogP) is 4.64. The molecule has 2 fully saturated rings.